The lowest BCUT2D eigenvalue weighted by molar-refractivity contribution is 0.383. The molecule has 0 radical (unpaired) electrons. The zero-order valence-corrected chi connectivity index (χ0v) is 13.5. The molecule has 1 aliphatic carbocycles. The summed E-state index contributed by atoms with van der Waals surface area (Å²) in [4.78, 5) is 0. The Balaban J connectivity index is 2.00. The third kappa shape index (κ3) is 4.34. The molecule has 0 saturated heterocycles. The first kappa shape index (κ1) is 15.6. The number of hydrogen-bond donors (Lipinski definition) is 1. The zero-order chi connectivity index (χ0) is 14.4. The van der Waals surface area contributed by atoms with Gasteiger partial charge >= 0.3 is 0 Å². The first-order valence-electron chi connectivity index (χ1n) is 8.49. The summed E-state index contributed by atoms with van der Waals surface area (Å²) in [6, 6.07) is 7.48. The first-order chi connectivity index (χ1) is 9.70. The normalized spacial score (nSPS) is 23.6. The molecule has 1 aromatic rings. The van der Waals surface area contributed by atoms with Gasteiger partial charge in [-0.25, -0.2) is 0 Å². The van der Waals surface area contributed by atoms with E-state index in [9.17, 15) is 0 Å². The smallest absolute Gasteiger partial charge is 0.00698 e. The monoisotopic (exact) mass is 273 g/mol. The number of benzene rings is 1. The van der Waals surface area contributed by atoms with Crippen molar-refractivity contribution in [3.05, 3.63) is 34.9 Å². The second kappa shape index (κ2) is 7.83. The Hall–Kier alpha value is -0.820. The van der Waals surface area contributed by atoms with Crippen LogP contribution in [0.5, 0.6) is 0 Å². The van der Waals surface area contributed by atoms with E-state index in [0.717, 1.165) is 12.0 Å². The lowest BCUT2D eigenvalue weighted by Crippen LogP contribution is -2.31. The summed E-state index contributed by atoms with van der Waals surface area (Å²) in [7, 11) is 0. The molecule has 2 rings (SSSR count). The molecule has 1 fully saturated rings. The molecule has 1 heteroatoms. The van der Waals surface area contributed by atoms with Gasteiger partial charge in [0.25, 0.3) is 0 Å². The Morgan fingerprint density at radius 2 is 1.80 bits per heavy atom. The SMILES string of the molecule is CCCNC1CCCCC(Cc2c(C)cccc2C)C1. The highest BCUT2D eigenvalue weighted by molar-refractivity contribution is 5.33. The number of rotatable bonds is 5. The maximum absolute atomic E-state index is 3.76. The largest absolute Gasteiger partial charge is 0.314 e. The molecule has 0 aliphatic heterocycles. The van der Waals surface area contributed by atoms with Crippen molar-refractivity contribution in [3.8, 4) is 0 Å². The number of hydrogen-bond acceptors (Lipinski definition) is 1. The molecule has 1 N–H and O–H groups in total. The molecule has 20 heavy (non-hydrogen) atoms. The standard InChI is InChI=1S/C19H31N/c1-4-12-20-18-11-6-5-10-17(13-18)14-19-15(2)8-7-9-16(19)3/h7-9,17-18,20H,4-6,10-14H2,1-3H3. The summed E-state index contributed by atoms with van der Waals surface area (Å²) in [5, 5.41) is 3.76. The molecule has 1 aliphatic rings. The predicted molar refractivity (Wildman–Crippen MR) is 88.3 cm³/mol. The summed E-state index contributed by atoms with van der Waals surface area (Å²) in [6.07, 6.45) is 9.51. The van der Waals surface area contributed by atoms with Crippen molar-refractivity contribution in [3.63, 3.8) is 0 Å². The van der Waals surface area contributed by atoms with Crippen LogP contribution >= 0.6 is 0 Å². The Bertz CT molecular complexity index is 390. The van der Waals surface area contributed by atoms with E-state index in [2.05, 4.69) is 44.3 Å². The third-order valence-corrected chi connectivity index (χ3v) is 4.85. The first-order valence-corrected chi connectivity index (χ1v) is 8.49. The number of aryl methyl sites for hydroxylation is 2. The van der Waals surface area contributed by atoms with E-state index in [1.54, 1.807) is 5.56 Å². The highest BCUT2D eigenvalue weighted by Crippen LogP contribution is 2.28. The maximum Gasteiger partial charge on any atom is 0.00698 e. The van der Waals surface area contributed by atoms with E-state index in [0.29, 0.717) is 0 Å². The third-order valence-electron chi connectivity index (χ3n) is 4.85. The van der Waals surface area contributed by atoms with Crippen LogP contribution in [0.1, 0.15) is 62.1 Å². The molecular weight excluding hydrogens is 242 g/mol. The van der Waals surface area contributed by atoms with E-state index in [1.165, 1.54) is 62.6 Å². The average molecular weight is 273 g/mol. The van der Waals surface area contributed by atoms with Gasteiger partial charge in [0, 0.05) is 6.04 Å². The van der Waals surface area contributed by atoms with E-state index in [1.807, 2.05) is 0 Å². The molecule has 112 valence electrons. The zero-order valence-electron chi connectivity index (χ0n) is 13.5. The van der Waals surface area contributed by atoms with Crippen molar-refractivity contribution >= 4 is 0 Å². The van der Waals surface area contributed by atoms with E-state index >= 15 is 0 Å². The fourth-order valence-electron chi connectivity index (χ4n) is 3.64. The van der Waals surface area contributed by atoms with Gasteiger partial charge in [-0.2, -0.15) is 0 Å². The fourth-order valence-corrected chi connectivity index (χ4v) is 3.64. The maximum atomic E-state index is 3.76. The molecule has 0 bridgehead atoms. The Kier molecular flexibility index (Phi) is 6.09. The van der Waals surface area contributed by atoms with Crippen LogP contribution in [-0.2, 0) is 6.42 Å². The molecule has 0 amide bonds. The average Bonchev–Trinajstić information content (AvgIpc) is 2.66. The molecule has 2 atom stereocenters. The summed E-state index contributed by atoms with van der Waals surface area (Å²) in [5.74, 6) is 0.867. The van der Waals surface area contributed by atoms with Gasteiger partial charge in [0.1, 0.15) is 0 Å². The second-order valence-corrected chi connectivity index (χ2v) is 6.61. The topological polar surface area (TPSA) is 12.0 Å². The number of nitrogens with one attached hydrogen (secondary N) is 1. The Labute approximate surface area is 125 Å². The van der Waals surface area contributed by atoms with Gasteiger partial charge in [0.2, 0.25) is 0 Å². The lowest BCUT2D eigenvalue weighted by atomic mass is 9.87. The van der Waals surface area contributed by atoms with Gasteiger partial charge < -0.3 is 5.32 Å². The van der Waals surface area contributed by atoms with E-state index in [-0.39, 0.29) is 0 Å². The van der Waals surface area contributed by atoms with Crippen molar-refractivity contribution in [1.82, 2.24) is 5.32 Å². The van der Waals surface area contributed by atoms with E-state index < -0.39 is 0 Å². The van der Waals surface area contributed by atoms with Crippen LogP contribution in [0.25, 0.3) is 0 Å². The van der Waals surface area contributed by atoms with Crippen LogP contribution in [0.2, 0.25) is 0 Å². The van der Waals surface area contributed by atoms with Crippen LogP contribution in [0, 0.1) is 19.8 Å². The van der Waals surface area contributed by atoms with Gasteiger partial charge in [-0.3, -0.25) is 0 Å². The van der Waals surface area contributed by atoms with Gasteiger partial charge in [0.15, 0.2) is 0 Å². The molecule has 1 nitrogen and oxygen atoms in total. The Morgan fingerprint density at radius 1 is 1.10 bits per heavy atom. The molecule has 1 saturated carbocycles. The highest BCUT2D eigenvalue weighted by Gasteiger charge is 2.21. The van der Waals surface area contributed by atoms with Gasteiger partial charge in [-0.05, 0) is 68.7 Å². The van der Waals surface area contributed by atoms with Crippen LogP contribution in [0.15, 0.2) is 18.2 Å². The lowest BCUT2D eigenvalue weighted by Gasteiger charge is -2.22. The van der Waals surface area contributed by atoms with Gasteiger partial charge in [0.05, 0.1) is 0 Å². The molecule has 2 unspecified atom stereocenters. The molecule has 0 spiro atoms. The summed E-state index contributed by atoms with van der Waals surface area (Å²) < 4.78 is 0. The molecule has 1 aromatic carbocycles. The van der Waals surface area contributed by atoms with Crippen LogP contribution in [0.3, 0.4) is 0 Å². The van der Waals surface area contributed by atoms with Crippen LogP contribution < -0.4 is 5.32 Å². The van der Waals surface area contributed by atoms with Crippen molar-refractivity contribution in [2.45, 2.75) is 71.8 Å². The molecular formula is C19H31N. The summed E-state index contributed by atoms with van der Waals surface area (Å²) in [5.41, 5.74) is 4.56. The van der Waals surface area contributed by atoms with Gasteiger partial charge in [-0.15, -0.1) is 0 Å². The fraction of sp³-hybridized carbons (Fsp3) is 0.684. The van der Waals surface area contributed by atoms with Crippen molar-refractivity contribution in [2.75, 3.05) is 6.54 Å². The van der Waals surface area contributed by atoms with Crippen molar-refractivity contribution < 1.29 is 0 Å². The minimum atomic E-state index is 0.756. The molecule has 0 heterocycles. The minimum Gasteiger partial charge on any atom is -0.314 e. The van der Waals surface area contributed by atoms with Crippen LogP contribution in [-0.4, -0.2) is 12.6 Å². The van der Waals surface area contributed by atoms with Crippen LogP contribution in [0.4, 0.5) is 0 Å². The van der Waals surface area contributed by atoms with Crippen molar-refractivity contribution in [2.24, 2.45) is 5.92 Å². The molecule has 0 aromatic heterocycles. The predicted octanol–water partition coefficient (Wildman–Crippen LogP) is 4.79. The second-order valence-electron chi connectivity index (χ2n) is 6.61. The van der Waals surface area contributed by atoms with Crippen molar-refractivity contribution in [1.29, 1.82) is 0 Å². The summed E-state index contributed by atoms with van der Waals surface area (Å²) >= 11 is 0. The minimum absolute atomic E-state index is 0.756. The highest BCUT2D eigenvalue weighted by atomic mass is 14.9. The Morgan fingerprint density at radius 3 is 2.50 bits per heavy atom. The summed E-state index contributed by atoms with van der Waals surface area (Å²) in [6.45, 7) is 7.98. The van der Waals surface area contributed by atoms with Gasteiger partial charge in [-0.1, -0.05) is 44.4 Å². The van der Waals surface area contributed by atoms with E-state index in [4.69, 9.17) is 0 Å². The quantitative estimate of drug-likeness (QED) is 0.760.